The van der Waals surface area contributed by atoms with E-state index in [1.807, 2.05) is 32.3 Å². The molecule has 0 spiro atoms. The Morgan fingerprint density at radius 2 is 2.08 bits per heavy atom. The lowest BCUT2D eigenvalue weighted by Crippen LogP contribution is -2.53. The SMILES string of the molecule is CC(c1cccnc1)N(C)C(=O)NC1CCCN(C2CCCCC2)C1. The van der Waals surface area contributed by atoms with E-state index in [4.69, 9.17) is 0 Å². The molecule has 0 aromatic carbocycles. The van der Waals surface area contributed by atoms with E-state index < -0.39 is 0 Å². The summed E-state index contributed by atoms with van der Waals surface area (Å²) in [6.07, 6.45) is 12.7. The Kier molecular flexibility index (Phi) is 6.29. The molecule has 2 aliphatic rings. The highest BCUT2D eigenvalue weighted by Crippen LogP contribution is 2.25. The van der Waals surface area contributed by atoms with Crippen LogP contribution in [-0.2, 0) is 0 Å². The molecule has 1 N–H and O–H groups in total. The number of nitrogens with zero attached hydrogens (tertiary/aromatic N) is 3. The first-order valence-corrected chi connectivity index (χ1v) is 9.82. The molecule has 2 amide bonds. The van der Waals surface area contributed by atoms with Crippen molar-refractivity contribution in [3.63, 3.8) is 0 Å². The van der Waals surface area contributed by atoms with Gasteiger partial charge in [-0.1, -0.05) is 25.3 Å². The number of aromatic nitrogens is 1. The largest absolute Gasteiger partial charge is 0.334 e. The Bertz CT molecular complexity index is 544. The molecule has 0 radical (unpaired) electrons. The van der Waals surface area contributed by atoms with Crippen LogP contribution in [-0.4, -0.2) is 53.0 Å². The number of urea groups is 1. The van der Waals surface area contributed by atoms with Crippen molar-refractivity contribution < 1.29 is 4.79 Å². The van der Waals surface area contributed by atoms with Gasteiger partial charge in [0.2, 0.25) is 0 Å². The zero-order valence-electron chi connectivity index (χ0n) is 15.7. The summed E-state index contributed by atoms with van der Waals surface area (Å²) in [6, 6.07) is 4.99. The molecule has 138 valence electrons. The fourth-order valence-electron chi connectivity index (χ4n) is 4.20. The molecule has 5 nitrogen and oxygen atoms in total. The minimum Gasteiger partial charge on any atom is -0.334 e. The van der Waals surface area contributed by atoms with E-state index in [2.05, 4.69) is 15.2 Å². The van der Waals surface area contributed by atoms with Gasteiger partial charge in [0.1, 0.15) is 0 Å². The summed E-state index contributed by atoms with van der Waals surface area (Å²) in [5.41, 5.74) is 1.06. The molecule has 2 atom stereocenters. The molecule has 0 bridgehead atoms. The quantitative estimate of drug-likeness (QED) is 0.908. The summed E-state index contributed by atoms with van der Waals surface area (Å²) in [6.45, 7) is 4.25. The van der Waals surface area contributed by atoms with E-state index in [1.54, 1.807) is 11.1 Å². The fourth-order valence-corrected chi connectivity index (χ4v) is 4.20. The fraction of sp³-hybridized carbons (Fsp3) is 0.700. The van der Waals surface area contributed by atoms with Crippen molar-refractivity contribution in [2.24, 2.45) is 0 Å². The van der Waals surface area contributed by atoms with Crippen LogP contribution < -0.4 is 5.32 Å². The van der Waals surface area contributed by atoms with Gasteiger partial charge in [-0.15, -0.1) is 0 Å². The van der Waals surface area contributed by atoms with Crippen LogP contribution in [0.2, 0.25) is 0 Å². The third-order valence-corrected chi connectivity index (χ3v) is 5.94. The van der Waals surface area contributed by atoms with E-state index in [0.717, 1.165) is 24.6 Å². The normalized spacial score (nSPS) is 23.8. The summed E-state index contributed by atoms with van der Waals surface area (Å²) in [7, 11) is 1.87. The zero-order chi connectivity index (χ0) is 17.6. The smallest absolute Gasteiger partial charge is 0.317 e. The lowest BCUT2D eigenvalue weighted by molar-refractivity contribution is 0.108. The number of likely N-dealkylation sites (tertiary alicyclic amines) is 1. The summed E-state index contributed by atoms with van der Waals surface area (Å²) in [4.78, 5) is 21.3. The monoisotopic (exact) mass is 344 g/mol. The lowest BCUT2D eigenvalue weighted by Gasteiger charge is -2.40. The Morgan fingerprint density at radius 1 is 1.28 bits per heavy atom. The minimum atomic E-state index is 0.0201. The number of amides is 2. The Balaban J connectivity index is 1.53. The van der Waals surface area contributed by atoms with Crippen molar-refractivity contribution >= 4 is 6.03 Å². The number of hydrogen-bond acceptors (Lipinski definition) is 3. The predicted molar refractivity (Wildman–Crippen MR) is 100 cm³/mol. The molecular weight excluding hydrogens is 312 g/mol. The molecule has 2 fully saturated rings. The number of hydrogen-bond donors (Lipinski definition) is 1. The van der Waals surface area contributed by atoms with Gasteiger partial charge in [-0.2, -0.15) is 0 Å². The van der Waals surface area contributed by atoms with E-state index in [9.17, 15) is 4.79 Å². The highest BCUT2D eigenvalue weighted by atomic mass is 16.2. The van der Waals surface area contributed by atoms with Crippen LogP contribution in [0.5, 0.6) is 0 Å². The van der Waals surface area contributed by atoms with Gasteiger partial charge in [-0.05, 0) is 50.8 Å². The molecule has 5 heteroatoms. The maximum atomic E-state index is 12.7. The topological polar surface area (TPSA) is 48.5 Å². The maximum Gasteiger partial charge on any atom is 0.317 e. The van der Waals surface area contributed by atoms with E-state index in [-0.39, 0.29) is 18.1 Å². The molecule has 2 heterocycles. The molecular formula is C20H32N4O. The highest BCUT2D eigenvalue weighted by molar-refractivity contribution is 5.74. The lowest BCUT2D eigenvalue weighted by atomic mass is 9.92. The number of carbonyl (C=O) groups excluding carboxylic acids is 1. The van der Waals surface area contributed by atoms with Gasteiger partial charge in [0.05, 0.1) is 6.04 Å². The second kappa shape index (κ2) is 8.65. The van der Waals surface area contributed by atoms with Crippen LogP contribution in [0.1, 0.15) is 63.5 Å². The van der Waals surface area contributed by atoms with Gasteiger partial charge in [0, 0.05) is 38.1 Å². The third kappa shape index (κ3) is 4.72. The van der Waals surface area contributed by atoms with Crippen LogP contribution >= 0.6 is 0 Å². The van der Waals surface area contributed by atoms with Crippen LogP contribution in [0, 0.1) is 0 Å². The van der Waals surface area contributed by atoms with Gasteiger partial charge in [0.25, 0.3) is 0 Å². The van der Waals surface area contributed by atoms with E-state index in [1.165, 1.54) is 45.1 Å². The van der Waals surface area contributed by atoms with Gasteiger partial charge >= 0.3 is 6.03 Å². The minimum absolute atomic E-state index is 0.0201. The van der Waals surface area contributed by atoms with Crippen molar-refractivity contribution in [1.29, 1.82) is 0 Å². The van der Waals surface area contributed by atoms with Crippen molar-refractivity contribution in [2.75, 3.05) is 20.1 Å². The molecule has 1 saturated carbocycles. The number of pyridine rings is 1. The molecule has 25 heavy (non-hydrogen) atoms. The predicted octanol–water partition coefficient (Wildman–Crippen LogP) is 3.58. The number of rotatable bonds is 4. The Labute approximate surface area is 151 Å². The molecule has 1 aromatic heterocycles. The van der Waals surface area contributed by atoms with Crippen molar-refractivity contribution in [1.82, 2.24) is 20.1 Å². The summed E-state index contributed by atoms with van der Waals surface area (Å²) in [5, 5.41) is 3.26. The third-order valence-electron chi connectivity index (χ3n) is 5.94. The highest BCUT2D eigenvalue weighted by Gasteiger charge is 2.28. The van der Waals surface area contributed by atoms with Gasteiger partial charge in [-0.25, -0.2) is 4.79 Å². The van der Waals surface area contributed by atoms with Crippen molar-refractivity contribution in [3.05, 3.63) is 30.1 Å². The molecule has 1 aliphatic carbocycles. The molecule has 2 unspecified atom stereocenters. The zero-order valence-corrected chi connectivity index (χ0v) is 15.7. The first-order valence-electron chi connectivity index (χ1n) is 9.82. The molecule has 1 aromatic rings. The second-order valence-corrected chi connectivity index (χ2v) is 7.65. The Morgan fingerprint density at radius 3 is 2.80 bits per heavy atom. The Hall–Kier alpha value is -1.62. The summed E-state index contributed by atoms with van der Waals surface area (Å²) in [5.74, 6) is 0. The molecule has 1 saturated heterocycles. The van der Waals surface area contributed by atoms with Crippen LogP contribution in [0.25, 0.3) is 0 Å². The first-order chi connectivity index (χ1) is 12.1. The maximum absolute atomic E-state index is 12.7. The molecule has 3 rings (SSSR count). The average molecular weight is 345 g/mol. The van der Waals surface area contributed by atoms with Crippen LogP contribution in [0.15, 0.2) is 24.5 Å². The second-order valence-electron chi connectivity index (χ2n) is 7.65. The van der Waals surface area contributed by atoms with Crippen LogP contribution in [0.3, 0.4) is 0 Å². The van der Waals surface area contributed by atoms with E-state index >= 15 is 0 Å². The van der Waals surface area contributed by atoms with Crippen LogP contribution in [0.4, 0.5) is 4.79 Å². The van der Waals surface area contributed by atoms with Crippen molar-refractivity contribution in [3.8, 4) is 0 Å². The van der Waals surface area contributed by atoms with Gasteiger partial charge in [0.15, 0.2) is 0 Å². The van der Waals surface area contributed by atoms with Gasteiger partial charge in [-0.3, -0.25) is 9.88 Å². The standard InChI is InChI=1S/C20H32N4O/c1-16(17-8-6-12-21-14-17)23(2)20(25)22-18-9-7-13-24(15-18)19-10-4-3-5-11-19/h6,8,12,14,16,18-19H,3-5,7,9-11,13,15H2,1-2H3,(H,22,25). The number of piperidine rings is 1. The summed E-state index contributed by atoms with van der Waals surface area (Å²) >= 11 is 0. The van der Waals surface area contributed by atoms with E-state index in [0.29, 0.717) is 0 Å². The van der Waals surface area contributed by atoms with Crippen molar-refractivity contribution in [2.45, 2.75) is 70.0 Å². The molecule has 1 aliphatic heterocycles. The number of carbonyl (C=O) groups is 1. The number of nitrogens with one attached hydrogen (secondary N) is 1. The van der Waals surface area contributed by atoms with Gasteiger partial charge < -0.3 is 10.2 Å². The summed E-state index contributed by atoms with van der Waals surface area (Å²) < 4.78 is 0. The average Bonchev–Trinajstić information content (AvgIpc) is 2.68. The first kappa shape index (κ1) is 18.2.